The van der Waals surface area contributed by atoms with Gasteiger partial charge >= 0.3 is 0 Å². The Hall–Kier alpha value is -2.90. The number of allylic oxidation sites excluding steroid dienone is 1. The monoisotopic (exact) mass is 587 g/mol. The Balaban J connectivity index is 1.34. The Morgan fingerprint density at radius 1 is 1.07 bits per heavy atom. The summed E-state index contributed by atoms with van der Waals surface area (Å²) in [5.74, 6) is 0. The van der Waals surface area contributed by atoms with E-state index in [1.807, 2.05) is 22.9 Å². The molecule has 0 saturated carbocycles. The summed E-state index contributed by atoms with van der Waals surface area (Å²) in [7, 11) is -4.51. The average Bonchev–Trinajstić information content (AvgIpc) is 3.44. The van der Waals surface area contributed by atoms with Crippen molar-refractivity contribution >= 4 is 43.9 Å². The van der Waals surface area contributed by atoms with E-state index in [-0.39, 0.29) is 0 Å². The number of aliphatic hydroxyl groups excluding tert-OH is 4. The summed E-state index contributed by atoms with van der Waals surface area (Å²) in [5, 5.41) is 51.4. The molecular formula is C27H29N3O8S2. The number of ether oxygens (including phenoxy) is 2. The maximum absolute atomic E-state index is 12.9. The zero-order valence-electron chi connectivity index (χ0n) is 21.3. The van der Waals surface area contributed by atoms with Crippen molar-refractivity contribution in [3.8, 4) is 16.5 Å². The number of sulfonamides is 1. The standard InChI is InChI=1S/C27H29N3O8S2/c28-14-21(40(35,36)29-24-26(33)25(32)22(15-31)38-27(24)34)13-20-5-6-23(39-20)18-2-1-17-12-19(4-3-16(17)11-18)30-7-9-37-10-8-30/h1-6,11-13,22,24-27,29,31-34H,7-10,15H2/b21-13+/t22-,24?,25-,26-,27?/m1/s1. The van der Waals surface area contributed by atoms with E-state index < -0.39 is 52.2 Å². The molecule has 2 unspecified atom stereocenters. The number of rotatable bonds is 7. The lowest BCUT2D eigenvalue weighted by Crippen LogP contribution is -2.64. The van der Waals surface area contributed by atoms with Gasteiger partial charge in [0.15, 0.2) is 11.2 Å². The number of nitriles is 1. The van der Waals surface area contributed by atoms with Gasteiger partial charge in [0.25, 0.3) is 10.0 Å². The molecule has 11 nitrogen and oxygen atoms in total. The number of nitrogens with zero attached hydrogens (tertiary/aromatic N) is 2. The SMILES string of the molecule is N#C/C(=C\c1ccc(-c2ccc3cc(N4CCOCC4)ccc3c2)s1)S(=O)(=O)NC1C(O)O[C@H](CO)[C@@H](O)[C@@H]1O. The summed E-state index contributed by atoms with van der Waals surface area (Å²) >= 11 is 1.30. The Bertz CT molecular complexity index is 1540. The Morgan fingerprint density at radius 3 is 2.52 bits per heavy atom. The van der Waals surface area contributed by atoms with Gasteiger partial charge in [-0.3, -0.25) is 0 Å². The molecule has 5 atom stereocenters. The van der Waals surface area contributed by atoms with E-state index in [9.17, 15) is 34.1 Å². The first-order valence-corrected chi connectivity index (χ1v) is 14.9. The van der Waals surface area contributed by atoms with Crippen LogP contribution in [-0.2, 0) is 19.5 Å². The molecule has 3 aromatic rings. The number of morpholine rings is 1. The van der Waals surface area contributed by atoms with Crippen LogP contribution in [-0.4, -0.2) is 92.4 Å². The van der Waals surface area contributed by atoms with Crippen LogP contribution < -0.4 is 9.62 Å². The number of aliphatic hydroxyl groups is 4. The molecule has 0 amide bonds. The van der Waals surface area contributed by atoms with Crippen LogP contribution in [0, 0.1) is 11.3 Å². The Labute approximate surface area is 235 Å². The van der Waals surface area contributed by atoms with Gasteiger partial charge in [0, 0.05) is 28.5 Å². The van der Waals surface area contributed by atoms with Gasteiger partial charge in [-0.15, -0.1) is 11.3 Å². The summed E-state index contributed by atoms with van der Waals surface area (Å²) in [4.78, 5) is 3.02. The third-order valence-electron chi connectivity index (χ3n) is 6.98. The van der Waals surface area contributed by atoms with Crippen molar-refractivity contribution < 1.29 is 38.3 Å². The van der Waals surface area contributed by atoms with Crippen LogP contribution >= 0.6 is 11.3 Å². The van der Waals surface area contributed by atoms with Crippen LogP contribution in [0.5, 0.6) is 0 Å². The van der Waals surface area contributed by atoms with E-state index in [1.54, 1.807) is 12.1 Å². The lowest BCUT2D eigenvalue weighted by atomic mass is 9.98. The number of benzene rings is 2. The predicted molar refractivity (Wildman–Crippen MR) is 150 cm³/mol. The van der Waals surface area contributed by atoms with Crippen LogP contribution in [0.15, 0.2) is 53.4 Å². The minimum Gasteiger partial charge on any atom is -0.394 e. The van der Waals surface area contributed by atoms with E-state index in [0.717, 1.165) is 40.0 Å². The maximum Gasteiger partial charge on any atom is 0.251 e. The number of fused-ring (bicyclic) bond motifs is 1. The quantitative estimate of drug-likeness (QED) is 0.251. The molecule has 2 fully saturated rings. The molecule has 2 saturated heterocycles. The van der Waals surface area contributed by atoms with Crippen molar-refractivity contribution in [1.29, 1.82) is 5.26 Å². The van der Waals surface area contributed by atoms with Crippen LogP contribution in [0.3, 0.4) is 0 Å². The minimum atomic E-state index is -4.51. The Kier molecular flexibility index (Phi) is 8.52. The smallest absolute Gasteiger partial charge is 0.251 e. The van der Waals surface area contributed by atoms with Gasteiger partial charge in [0.2, 0.25) is 0 Å². The van der Waals surface area contributed by atoms with E-state index in [4.69, 9.17) is 9.47 Å². The molecule has 0 radical (unpaired) electrons. The molecule has 5 rings (SSSR count). The molecular weight excluding hydrogens is 558 g/mol. The predicted octanol–water partition coefficient (Wildman–Crippen LogP) is 0.989. The summed E-state index contributed by atoms with van der Waals surface area (Å²) < 4.78 is 38.3. The van der Waals surface area contributed by atoms with Gasteiger partial charge in [0.1, 0.15) is 30.4 Å². The fraction of sp³-hybridized carbons (Fsp3) is 0.370. The lowest BCUT2D eigenvalue weighted by Gasteiger charge is -2.40. The summed E-state index contributed by atoms with van der Waals surface area (Å²) in [6.45, 7) is 2.44. The number of hydrogen-bond donors (Lipinski definition) is 5. The Morgan fingerprint density at radius 2 is 1.80 bits per heavy atom. The lowest BCUT2D eigenvalue weighted by molar-refractivity contribution is -0.251. The number of anilines is 1. The van der Waals surface area contributed by atoms with Crippen molar-refractivity contribution in [2.45, 2.75) is 30.6 Å². The van der Waals surface area contributed by atoms with Gasteiger partial charge in [-0.05, 0) is 52.7 Å². The van der Waals surface area contributed by atoms with E-state index in [1.165, 1.54) is 17.4 Å². The van der Waals surface area contributed by atoms with Crippen LogP contribution in [0.2, 0.25) is 0 Å². The first kappa shape index (κ1) is 28.6. The normalized spacial score (nSPS) is 26.1. The number of thiophene rings is 1. The second-order valence-electron chi connectivity index (χ2n) is 9.54. The zero-order chi connectivity index (χ0) is 28.4. The van der Waals surface area contributed by atoms with E-state index in [2.05, 4.69) is 29.2 Å². The highest BCUT2D eigenvalue weighted by Crippen LogP contribution is 2.33. The third kappa shape index (κ3) is 5.91. The molecule has 5 N–H and O–H groups in total. The molecule has 2 aromatic carbocycles. The number of nitrogens with one attached hydrogen (secondary N) is 1. The summed E-state index contributed by atoms with van der Waals surface area (Å²) in [6, 6.07) is 15.9. The van der Waals surface area contributed by atoms with E-state index >= 15 is 0 Å². The molecule has 1 aromatic heterocycles. The highest BCUT2D eigenvalue weighted by Gasteiger charge is 2.45. The van der Waals surface area contributed by atoms with Crippen molar-refractivity contribution in [3.63, 3.8) is 0 Å². The van der Waals surface area contributed by atoms with Crippen molar-refractivity contribution in [3.05, 3.63) is 58.3 Å². The zero-order valence-corrected chi connectivity index (χ0v) is 22.9. The molecule has 0 spiro atoms. The molecule has 2 aliphatic rings. The topological polar surface area (TPSA) is 173 Å². The number of hydrogen-bond acceptors (Lipinski definition) is 11. The minimum absolute atomic E-state index is 0.501. The van der Waals surface area contributed by atoms with Gasteiger partial charge < -0.3 is 34.8 Å². The maximum atomic E-state index is 12.9. The molecule has 40 heavy (non-hydrogen) atoms. The summed E-state index contributed by atoms with van der Waals surface area (Å²) in [6.07, 6.45) is -5.37. The molecule has 2 aliphatic heterocycles. The van der Waals surface area contributed by atoms with Gasteiger partial charge in [-0.25, -0.2) is 8.42 Å². The molecule has 13 heteroatoms. The van der Waals surface area contributed by atoms with Gasteiger partial charge in [-0.1, -0.05) is 18.2 Å². The van der Waals surface area contributed by atoms with Crippen LogP contribution in [0.1, 0.15) is 4.88 Å². The highest BCUT2D eigenvalue weighted by atomic mass is 32.2. The van der Waals surface area contributed by atoms with Crippen molar-refractivity contribution in [2.24, 2.45) is 0 Å². The fourth-order valence-corrected chi connectivity index (χ4v) is 6.92. The fourth-order valence-electron chi connectivity index (χ4n) is 4.76. The second kappa shape index (κ2) is 11.9. The molecule has 3 heterocycles. The first-order valence-electron chi connectivity index (χ1n) is 12.6. The van der Waals surface area contributed by atoms with Crippen LogP contribution in [0.25, 0.3) is 27.3 Å². The molecule has 212 valence electrons. The largest absolute Gasteiger partial charge is 0.394 e. The first-order chi connectivity index (χ1) is 19.2. The molecule has 0 bridgehead atoms. The second-order valence-corrected chi connectivity index (χ2v) is 12.3. The third-order valence-corrected chi connectivity index (χ3v) is 9.43. The van der Waals surface area contributed by atoms with E-state index in [0.29, 0.717) is 18.1 Å². The summed E-state index contributed by atoms with van der Waals surface area (Å²) in [5.41, 5.74) is 2.09. The average molecular weight is 588 g/mol. The van der Waals surface area contributed by atoms with Crippen LogP contribution in [0.4, 0.5) is 5.69 Å². The molecule has 0 aliphatic carbocycles. The highest BCUT2D eigenvalue weighted by molar-refractivity contribution is 7.93. The van der Waals surface area contributed by atoms with Crippen molar-refractivity contribution in [1.82, 2.24) is 4.72 Å². The van der Waals surface area contributed by atoms with Gasteiger partial charge in [0.05, 0.1) is 19.8 Å². The van der Waals surface area contributed by atoms with Gasteiger partial charge in [-0.2, -0.15) is 9.98 Å². The van der Waals surface area contributed by atoms with Crippen molar-refractivity contribution in [2.75, 3.05) is 37.8 Å².